The van der Waals surface area contributed by atoms with Gasteiger partial charge in [0, 0.05) is 5.75 Å². The van der Waals surface area contributed by atoms with Gasteiger partial charge in [-0.2, -0.15) is 0 Å². The number of rotatable bonds is 6. The molecule has 0 radical (unpaired) electrons. The predicted octanol–water partition coefficient (Wildman–Crippen LogP) is 3.70. The Labute approximate surface area is 105 Å². The lowest BCUT2D eigenvalue weighted by molar-refractivity contribution is -0.140. The second-order valence-corrected chi connectivity index (χ2v) is 5.28. The Morgan fingerprint density at radius 2 is 1.82 bits per heavy atom. The third-order valence-corrected chi connectivity index (χ3v) is 4.74. The van der Waals surface area contributed by atoms with Gasteiger partial charge in [-0.3, -0.25) is 4.79 Å². The molecule has 0 saturated carbocycles. The van der Waals surface area contributed by atoms with Crippen LogP contribution in [0.4, 0.5) is 4.39 Å². The summed E-state index contributed by atoms with van der Waals surface area (Å²) in [5.74, 6) is -0.447. The summed E-state index contributed by atoms with van der Waals surface area (Å²) in [5.41, 5.74) is 0.948. The fourth-order valence-electron chi connectivity index (χ4n) is 1.62. The summed E-state index contributed by atoms with van der Waals surface area (Å²) in [6, 6.07) is 6.19. The van der Waals surface area contributed by atoms with E-state index >= 15 is 0 Å². The molecule has 4 heteroatoms. The lowest BCUT2D eigenvalue weighted by atomic mass is 10.0. The molecule has 1 aromatic rings. The Morgan fingerprint density at radius 3 is 2.24 bits per heavy atom. The van der Waals surface area contributed by atoms with Gasteiger partial charge in [0.05, 0.1) is 0 Å². The minimum atomic E-state index is -0.769. The van der Waals surface area contributed by atoms with Crippen LogP contribution < -0.4 is 0 Å². The van der Waals surface area contributed by atoms with Gasteiger partial charge in [-0.25, -0.2) is 4.39 Å². The normalized spacial score (nSPS) is 11.5. The van der Waals surface area contributed by atoms with Gasteiger partial charge in [-0.05, 0) is 30.5 Å². The molecule has 1 rings (SSSR count). The molecule has 0 spiro atoms. The fourth-order valence-corrected chi connectivity index (χ4v) is 2.79. The second-order valence-electron chi connectivity index (χ2n) is 3.92. The standard InChI is InChI=1S/C13H17FO2S/c1-3-13(4-2,12(15)16)17-9-10-5-7-11(14)8-6-10/h5-8H,3-4,9H2,1-2H3,(H,15,16). The highest BCUT2D eigenvalue weighted by Crippen LogP contribution is 2.35. The highest BCUT2D eigenvalue weighted by Gasteiger charge is 2.35. The summed E-state index contributed by atoms with van der Waals surface area (Å²) < 4.78 is 12.0. The van der Waals surface area contributed by atoms with E-state index in [1.54, 1.807) is 12.1 Å². The highest BCUT2D eigenvalue weighted by molar-refractivity contribution is 8.00. The number of hydrogen-bond donors (Lipinski definition) is 1. The van der Waals surface area contributed by atoms with Gasteiger partial charge in [0.2, 0.25) is 0 Å². The smallest absolute Gasteiger partial charge is 0.319 e. The summed E-state index contributed by atoms with van der Waals surface area (Å²) >= 11 is 1.41. The average Bonchev–Trinajstić information content (AvgIpc) is 2.33. The van der Waals surface area contributed by atoms with Gasteiger partial charge in [-0.1, -0.05) is 26.0 Å². The van der Waals surface area contributed by atoms with E-state index in [2.05, 4.69) is 0 Å². The quantitative estimate of drug-likeness (QED) is 0.843. The number of aliphatic carboxylic acids is 1. The third-order valence-electron chi connectivity index (χ3n) is 2.96. The van der Waals surface area contributed by atoms with Crippen molar-refractivity contribution in [3.05, 3.63) is 35.6 Å². The van der Waals surface area contributed by atoms with Gasteiger partial charge >= 0.3 is 5.97 Å². The summed E-state index contributed by atoms with van der Waals surface area (Å²) in [4.78, 5) is 11.3. The van der Waals surface area contributed by atoms with Crippen molar-refractivity contribution in [3.63, 3.8) is 0 Å². The fraction of sp³-hybridized carbons (Fsp3) is 0.462. The molecule has 0 unspecified atom stereocenters. The minimum absolute atomic E-state index is 0.269. The number of carboxylic acid groups (broad SMARTS) is 1. The third kappa shape index (κ3) is 3.46. The van der Waals surface area contributed by atoms with E-state index in [1.165, 1.54) is 23.9 Å². The molecule has 0 heterocycles. The van der Waals surface area contributed by atoms with Crippen LogP contribution in [-0.2, 0) is 10.5 Å². The van der Waals surface area contributed by atoms with E-state index in [0.29, 0.717) is 18.6 Å². The topological polar surface area (TPSA) is 37.3 Å². The predicted molar refractivity (Wildman–Crippen MR) is 68.6 cm³/mol. The van der Waals surface area contributed by atoms with Crippen molar-refractivity contribution in [1.82, 2.24) is 0 Å². The van der Waals surface area contributed by atoms with Gasteiger partial charge < -0.3 is 5.11 Å². The lowest BCUT2D eigenvalue weighted by Gasteiger charge is -2.25. The van der Waals surface area contributed by atoms with Crippen LogP contribution in [0.1, 0.15) is 32.3 Å². The maximum Gasteiger partial charge on any atom is 0.319 e. The highest BCUT2D eigenvalue weighted by atomic mass is 32.2. The first-order valence-corrected chi connectivity index (χ1v) is 6.64. The van der Waals surface area contributed by atoms with E-state index in [1.807, 2.05) is 13.8 Å². The van der Waals surface area contributed by atoms with Gasteiger partial charge in [-0.15, -0.1) is 11.8 Å². The number of carboxylic acids is 1. The van der Waals surface area contributed by atoms with Crippen LogP contribution in [0.3, 0.4) is 0 Å². The number of hydrogen-bond acceptors (Lipinski definition) is 2. The zero-order valence-electron chi connectivity index (χ0n) is 10.1. The van der Waals surface area contributed by atoms with E-state index < -0.39 is 10.7 Å². The van der Waals surface area contributed by atoms with Crippen molar-refractivity contribution in [3.8, 4) is 0 Å². The minimum Gasteiger partial charge on any atom is -0.480 e. The molecule has 0 bridgehead atoms. The van der Waals surface area contributed by atoms with E-state index in [4.69, 9.17) is 0 Å². The van der Waals surface area contributed by atoms with Gasteiger partial charge in [0.25, 0.3) is 0 Å². The van der Waals surface area contributed by atoms with Gasteiger partial charge in [0.15, 0.2) is 0 Å². The molecule has 0 aliphatic rings. The van der Waals surface area contributed by atoms with Crippen molar-refractivity contribution in [2.45, 2.75) is 37.2 Å². The molecule has 0 atom stereocenters. The Morgan fingerprint density at radius 1 is 1.29 bits per heavy atom. The lowest BCUT2D eigenvalue weighted by Crippen LogP contribution is -2.33. The van der Waals surface area contributed by atoms with Crippen LogP contribution in [0.15, 0.2) is 24.3 Å². The molecular formula is C13H17FO2S. The SMILES string of the molecule is CCC(CC)(SCc1ccc(F)cc1)C(=O)O. The molecule has 2 nitrogen and oxygen atoms in total. The Balaban J connectivity index is 2.70. The maximum absolute atomic E-state index is 12.7. The Hall–Kier alpha value is -1.03. The van der Waals surface area contributed by atoms with E-state index in [-0.39, 0.29) is 5.82 Å². The summed E-state index contributed by atoms with van der Waals surface area (Å²) in [7, 11) is 0. The van der Waals surface area contributed by atoms with Crippen LogP contribution in [0.2, 0.25) is 0 Å². The molecule has 0 fully saturated rings. The second kappa shape index (κ2) is 6.05. The van der Waals surface area contributed by atoms with Crippen molar-refractivity contribution in [2.75, 3.05) is 0 Å². The van der Waals surface area contributed by atoms with E-state index in [0.717, 1.165) is 5.56 Å². The number of benzene rings is 1. The van der Waals surface area contributed by atoms with Crippen LogP contribution >= 0.6 is 11.8 Å². The summed E-state index contributed by atoms with van der Waals surface area (Å²) in [6.45, 7) is 3.77. The van der Waals surface area contributed by atoms with Crippen molar-refractivity contribution in [2.24, 2.45) is 0 Å². The molecule has 0 saturated heterocycles. The number of thioether (sulfide) groups is 1. The molecule has 1 aromatic carbocycles. The first kappa shape index (κ1) is 14.0. The summed E-state index contributed by atoms with van der Waals surface area (Å²) in [5, 5.41) is 9.27. The Kier molecular flexibility index (Phi) is 5.00. The zero-order valence-corrected chi connectivity index (χ0v) is 10.9. The van der Waals surface area contributed by atoms with Crippen molar-refractivity contribution in [1.29, 1.82) is 0 Å². The average molecular weight is 256 g/mol. The molecule has 0 amide bonds. The molecule has 1 N–H and O–H groups in total. The monoisotopic (exact) mass is 256 g/mol. The molecule has 17 heavy (non-hydrogen) atoms. The van der Waals surface area contributed by atoms with Crippen LogP contribution in [0.25, 0.3) is 0 Å². The zero-order chi connectivity index (χ0) is 12.9. The van der Waals surface area contributed by atoms with Crippen LogP contribution in [0, 0.1) is 5.82 Å². The van der Waals surface area contributed by atoms with Crippen molar-refractivity contribution >= 4 is 17.7 Å². The van der Waals surface area contributed by atoms with Crippen LogP contribution in [-0.4, -0.2) is 15.8 Å². The van der Waals surface area contributed by atoms with Crippen molar-refractivity contribution < 1.29 is 14.3 Å². The Bertz CT molecular complexity index is 372. The molecule has 0 aliphatic carbocycles. The van der Waals surface area contributed by atoms with Gasteiger partial charge in [0.1, 0.15) is 10.6 Å². The molecule has 94 valence electrons. The summed E-state index contributed by atoms with van der Waals surface area (Å²) in [6.07, 6.45) is 1.18. The molecule has 0 aromatic heterocycles. The van der Waals surface area contributed by atoms with Crippen LogP contribution in [0.5, 0.6) is 0 Å². The number of halogens is 1. The number of carbonyl (C=O) groups is 1. The molecule has 0 aliphatic heterocycles. The first-order chi connectivity index (χ1) is 8.04. The van der Waals surface area contributed by atoms with E-state index in [9.17, 15) is 14.3 Å². The largest absolute Gasteiger partial charge is 0.480 e. The maximum atomic E-state index is 12.7. The first-order valence-electron chi connectivity index (χ1n) is 5.66. The molecular weight excluding hydrogens is 239 g/mol.